The Bertz CT molecular complexity index is 951. The molecular formula is C40H68O6. The van der Waals surface area contributed by atoms with E-state index in [2.05, 4.69) is 13.5 Å². The van der Waals surface area contributed by atoms with Gasteiger partial charge in [0.05, 0.1) is 17.8 Å². The number of allylic oxidation sites excluding steroid dienone is 3. The van der Waals surface area contributed by atoms with Crippen LogP contribution in [-0.2, 0) is 19.1 Å². The first-order valence-corrected chi connectivity index (χ1v) is 18.3. The number of ether oxygens (including phenoxy) is 2. The number of carbonyl (C=O) groups excluding carboxylic acids is 2. The van der Waals surface area contributed by atoms with Crippen LogP contribution in [0.4, 0.5) is 0 Å². The predicted molar refractivity (Wildman–Crippen MR) is 190 cm³/mol. The number of rotatable bonds is 23. The third kappa shape index (κ3) is 21.6. The van der Waals surface area contributed by atoms with Crippen LogP contribution in [0.3, 0.4) is 0 Å². The average Bonchev–Trinajstić information content (AvgIpc) is 3.02. The van der Waals surface area contributed by atoms with Crippen molar-refractivity contribution in [2.75, 3.05) is 13.2 Å². The lowest BCUT2D eigenvalue weighted by Crippen LogP contribution is -2.29. The van der Waals surface area contributed by atoms with E-state index in [4.69, 9.17) is 9.47 Å². The van der Waals surface area contributed by atoms with Gasteiger partial charge in [0.15, 0.2) is 0 Å². The van der Waals surface area contributed by atoms with Crippen LogP contribution in [0.2, 0.25) is 0 Å². The van der Waals surface area contributed by atoms with Gasteiger partial charge in [-0.05, 0) is 57.9 Å². The van der Waals surface area contributed by atoms with Crippen molar-refractivity contribution in [3.63, 3.8) is 0 Å². The Labute approximate surface area is 281 Å². The lowest BCUT2D eigenvalue weighted by molar-refractivity contribution is -0.143. The summed E-state index contributed by atoms with van der Waals surface area (Å²) in [5.74, 6) is -0.975. The zero-order valence-electron chi connectivity index (χ0n) is 30.1. The summed E-state index contributed by atoms with van der Waals surface area (Å²) in [5.41, 5.74) is -0.255. The number of unbranched alkanes of at least 4 members (excludes halogenated alkanes) is 14. The molecule has 3 atom stereocenters. The number of carbonyl (C=O) groups is 2. The van der Waals surface area contributed by atoms with Crippen molar-refractivity contribution >= 4 is 11.9 Å². The van der Waals surface area contributed by atoms with Crippen LogP contribution in [0.5, 0.6) is 0 Å². The molecule has 0 aromatic heterocycles. The molecule has 0 heterocycles. The summed E-state index contributed by atoms with van der Waals surface area (Å²) in [7, 11) is 0. The molecule has 46 heavy (non-hydrogen) atoms. The van der Waals surface area contributed by atoms with Gasteiger partial charge in [0, 0.05) is 19.3 Å². The van der Waals surface area contributed by atoms with Crippen LogP contribution in [0.25, 0.3) is 0 Å². The standard InChI is InChI=1S/C40H68O6/c1-7-8-9-10-11-12-13-14-15-16-17-18-19-20-21-26-38(42)46-31-35(25-23-28-39(4,5)43)36-27-30-40(6,44)29-22-24-33(2)37(36)32-45-34(3)41/h22-23,25,28-29,36-37,43-44H,2,7-21,24,26-27,30-32H2,1,3-6H3/b28-23+,29-22-,35-25+/t36-,37+,40-/m1/s1. The summed E-state index contributed by atoms with van der Waals surface area (Å²) in [6, 6.07) is 0. The van der Waals surface area contributed by atoms with Crippen LogP contribution in [0, 0.1) is 11.8 Å². The molecule has 0 radical (unpaired) electrons. The van der Waals surface area contributed by atoms with Crippen molar-refractivity contribution in [1.29, 1.82) is 0 Å². The molecule has 0 bridgehead atoms. The van der Waals surface area contributed by atoms with Gasteiger partial charge in [0.1, 0.15) is 6.61 Å². The fourth-order valence-electron chi connectivity index (χ4n) is 6.08. The van der Waals surface area contributed by atoms with Gasteiger partial charge in [-0.25, -0.2) is 0 Å². The molecule has 0 saturated heterocycles. The van der Waals surface area contributed by atoms with Gasteiger partial charge in [0.25, 0.3) is 0 Å². The molecule has 0 fully saturated rings. The minimum absolute atomic E-state index is 0.0951. The highest BCUT2D eigenvalue weighted by Gasteiger charge is 2.32. The van der Waals surface area contributed by atoms with Crippen molar-refractivity contribution in [3.05, 3.63) is 48.1 Å². The number of hydrogen-bond acceptors (Lipinski definition) is 6. The van der Waals surface area contributed by atoms with Gasteiger partial charge in [0.2, 0.25) is 0 Å². The van der Waals surface area contributed by atoms with Crippen LogP contribution in [0.1, 0.15) is 157 Å². The SMILES string of the molecule is C=C1C/C=C\[C@@](C)(O)CC[C@H](/C(=C/C=C/C(C)(C)O)COC(=O)CCCCCCCCCCCCCCCCC)[C@H]1COC(C)=O. The van der Waals surface area contributed by atoms with Crippen molar-refractivity contribution < 1.29 is 29.3 Å². The van der Waals surface area contributed by atoms with Gasteiger partial charge < -0.3 is 19.7 Å². The van der Waals surface area contributed by atoms with Crippen molar-refractivity contribution in [2.24, 2.45) is 11.8 Å². The van der Waals surface area contributed by atoms with Crippen LogP contribution < -0.4 is 0 Å². The number of hydrogen-bond donors (Lipinski definition) is 2. The number of esters is 2. The van der Waals surface area contributed by atoms with E-state index in [0.717, 1.165) is 30.4 Å². The Morgan fingerprint density at radius 3 is 2.02 bits per heavy atom. The first-order valence-electron chi connectivity index (χ1n) is 18.3. The molecule has 0 aromatic carbocycles. The Kier molecular flexibility index (Phi) is 21.9. The quantitative estimate of drug-likeness (QED) is 0.0498. The molecule has 1 aliphatic carbocycles. The molecule has 1 aliphatic rings. The monoisotopic (exact) mass is 645 g/mol. The topological polar surface area (TPSA) is 93.1 Å². The second-order valence-corrected chi connectivity index (χ2v) is 14.3. The summed E-state index contributed by atoms with van der Waals surface area (Å²) in [5, 5.41) is 21.1. The second kappa shape index (κ2) is 24.0. The van der Waals surface area contributed by atoms with E-state index in [0.29, 0.717) is 25.7 Å². The minimum atomic E-state index is -1.00. The third-order valence-electron chi connectivity index (χ3n) is 8.97. The summed E-state index contributed by atoms with van der Waals surface area (Å²) >= 11 is 0. The van der Waals surface area contributed by atoms with Gasteiger partial charge >= 0.3 is 11.9 Å². The lowest BCUT2D eigenvalue weighted by Gasteiger charge is -2.31. The molecule has 0 spiro atoms. The maximum absolute atomic E-state index is 12.8. The van der Waals surface area contributed by atoms with Crippen molar-refractivity contribution in [1.82, 2.24) is 0 Å². The lowest BCUT2D eigenvalue weighted by atomic mass is 9.77. The van der Waals surface area contributed by atoms with E-state index in [1.807, 2.05) is 12.2 Å². The second-order valence-electron chi connectivity index (χ2n) is 14.3. The number of aliphatic hydroxyl groups is 2. The molecule has 0 amide bonds. The minimum Gasteiger partial charge on any atom is -0.465 e. The first-order chi connectivity index (χ1) is 21.8. The van der Waals surface area contributed by atoms with Crippen LogP contribution in [-0.4, -0.2) is 46.6 Å². The Morgan fingerprint density at radius 1 is 0.957 bits per heavy atom. The summed E-state index contributed by atoms with van der Waals surface area (Å²) in [6.07, 6.45) is 30.2. The molecule has 264 valence electrons. The fourth-order valence-corrected chi connectivity index (χ4v) is 6.08. The van der Waals surface area contributed by atoms with Crippen molar-refractivity contribution in [3.8, 4) is 0 Å². The first kappa shape index (κ1) is 41.8. The molecule has 0 unspecified atom stereocenters. The van der Waals surface area contributed by atoms with E-state index >= 15 is 0 Å². The molecule has 0 aliphatic heterocycles. The summed E-state index contributed by atoms with van der Waals surface area (Å²) in [6.45, 7) is 13.4. The third-order valence-corrected chi connectivity index (χ3v) is 8.97. The van der Waals surface area contributed by atoms with Crippen molar-refractivity contribution in [2.45, 2.75) is 168 Å². The maximum Gasteiger partial charge on any atom is 0.306 e. The Morgan fingerprint density at radius 2 is 1.50 bits per heavy atom. The van der Waals surface area contributed by atoms with E-state index < -0.39 is 11.2 Å². The highest BCUT2D eigenvalue weighted by atomic mass is 16.5. The summed E-state index contributed by atoms with van der Waals surface area (Å²) in [4.78, 5) is 24.5. The molecular weight excluding hydrogens is 576 g/mol. The predicted octanol–water partition coefficient (Wildman–Crippen LogP) is 9.89. The molecule has 6 heteroatoms. The average molecular weight is 645 g/mol. The Balaban J connectivity index is 2.63. The van der Waals surface area contributed by atoms with Gasteiger partial charge in [-0.3, -0.25) is 9.59 Å². The normalized spacial score (nSPS) is 21.9. The molecule has 0 saturated carbocycles. The van der Waals surface area contributed by atoms with E-state index in [1.54, 1.807) is 39.0 Å². The highest BCUT2D eigenvalue weighted by molar-refractivity contribution is 5.69. The maximum atomic E-state index is 12.8. The van der Waals surface area contributed by atoms with Gasteiger partial charge in [-0.15, -0.1) is 0 Å². The van der Waals surface area contributed by atoms with E-state index in [-0.39, 0.29) is 37.0 Å². The fraction of sp³-hybridized carbons (Fsp3) is 0.750. The highest BCUT2D eigenvalue weighted by Crippen LogP contribution is 2.36. The Hall–Kier alpha value is -2.18. The summed E-state index contributed by atoms with van der Waals surface area (Å²) < 4.78 is 11.3. The van der Waals surface area contributed by atoms with Crippen LogP contribution in [0.15, 0.2) is 48.1 Å². The smallest absolute Gasteiger partial charge is 0.306 e. The van der Waals surface area contributed by atoms with Crippen LogP contribution >= 0.6 is 0 Å². The molecule has 0 aromatic rings. The largest absolute Gasteiger partial charge is 0.465 e. The van der Waals surface area contributed by atoms with Gasteiger partial charge in [-0.1, -0.05) is 139 Å². The van der Waals surface area contributed by atoms with Gasteiger partial charge in [-0.2, -0.15) is 0 Å². The van der Waals surface area contributed by atoms with E-state index in [1.165, 1.54) is 84.0 Å². The molecule has 6 nitrogen and oxygen atoms in total. The molecule has 2 N–H and O–H groups in total. The zero-order valence-corrected chi connectivity index (χ0v) is 30.1. The molecule has 1 rings (SSSR count). The van der Waals surface area contributed by atoms with E-state index in [9.17, 15) is 19.8 Å². The zero-order chi connectivity index (χ0) is 34.3.